The van der Waals surface area contributed by atoms with Crippen LogP contribution >= 0.6 is 0 Å². The lowest BCUT2D eigenvalue weighted by atomic mass is 9.95. The second-order valence-corrected chi connectivity index (χ2v) is 8.66. The minimum atomic E-state index is -1.42. The number of hydrogen-bond acceptors (Lipinski definition) is 4. The summed E-state index contributed by atoms with van der Waals surface area (Å²) in [5.74, 6) is -3.81. The predicted octanol–water partition coefficient (Wildman–Crippen LogP) is 4.49. The van der Waals surface area contributed by atoms with Crippen LogP contribution in [-0.4, -0.2) is 50.7 Å². The van der Waals surface area contributed by atoms with Crippen LogP contribution in [-0.2, 0) is 14.4 Å². The first-order valence-electron chi connectivity index (χ1n) is 12.5. The van der Waals surface area contributed by atoms with Crippen molar-refractivity contribution in [1.29, 1.82) is 0 Å². The van der Waals surface area contributed by atoms with Crippen molar-refractivity contribution in [2.24, 2.45) is 0 Å². The van der Waals surface area contributed by atoms with E-state index in [4.69, 9.17) is 0 Å². The molecule has 32 heavy (non-hydrogen) atoms. The van der Waals surface area contributed by atoms with Crippen LogP contribution in [0.5, 0.6) is 0 Å². The average Bonchev–Trinajstić information content (AvgIpc) is 2.72. The summed E-state index contributed by atoms with van der Waals surface area (Å²) < 4.78 is -0.645. The van der Waals surface area contributed by atoms with E-state index in [9.17, 15) is 29.7 Å². The normalized spacial score (nSPS) is 16.4. The number of unbranched alkanes of at least 4 members (excludes halogenated alkanes) is 9. The van der Waals surface area contributed by atoms with Crippen LogP contribution in [0.4, 0.5) is 0 Å². The van der Waals surface area contributed by atoms with Crippen molar-refractivity contribution in [2.45, 2.75) is 129 Å². The third-order valence-electron chi connectivity index (χ3n) is 6.46. The van der Waals surface area contributed by atoms with Crippen LogP contribution < -0.4 is 5.11 Å². The van der Waals surface area contributed by atoms with E-state index in [0.29, 0.717) is 6.42 Å². The highest BCUT2D eigenvalue weighted by atomic mass is 16.4. The summed E-state index contributed by atoms with van der Waals surface area (Å²) in [6.45, 7) is 7.13. The van der Waals surface area contributed by atoms with Crippen molar-refractivity contribution in [3.05, 3.63) is 12.3 Å². The van der Waals surface area contributed by atoms with Gasteiger partial charge in [0, 0.05) is 19.3 Å². The summed E-state index contributed by atoms with van der Waals surface area (Å²) >= 11 is 0. The quantitative estimate of drug-likeness (QED) is 0.206. The predicted molar refractivity (Wildman–Crippen MR) is 124 cm³/mol. The summed E-state index contributed by atoms with van der Waals surface area (Å²) in [5.41, 5.74) is 0. The van der Waals surface area contributed by atoms with Crippen molar-refractivity contribution in [3.63, 3.8) is 0 Å². The molecule has 2 N–H and O–H groups in total. The van der Waals surface area contributed by atoms with Crippen molar-refractivity contribution in [3.8, 4) is 0 Å². The third-order valence-corrected chi connectivity index (χ3v) is 6.46. The first kappa shape index (κ1) is 30.1. The molecular weight excluding hydrogens is 410 g/mol. The van der Waals surface area contributed by atoms with Crippen molar-refractivity contribution < 1.29 is 34.2 Å². The smallest absolute Gasteiger partial charge is 0.362 e. The Bertz CT molecular complexity index is 534. The molecule has 0 saturated carbocycles. The Morgan fingerprint density at radius 3 is 1.47 bits per heavy atom. The SMILES string of the molecule is CCCCCCCCCCC/C=C/[N+](C(CC)C(=O)[O-])(C(CC)C(=O)O)C(CC)C(=O)O. The van der Waals surface area contributed by atoms with Gasteiger partial charge in [0.15, 0.2) is 12.1 Å². The van der Waals surface area contributed by atoms with E-state index < -0.39 is 40.5 Å². The second kappa shape index (κ2) is 16.7. The summed E-state index contributed by atoms with van der Waals surface area (Å²) in [6.07, 6.45) is 14.9. The molecule has 0 fully saturated rings. The fourth-order valence-corrected chi connectivity index (χ4v) is 4.82. The Balaban J connectivity index is 5.49. The van der Waals surface area contributed by atoms with Gasteiger partial charge in [0.05, 0.1) is 12.2 Å². The number of allylic oxidation sites excluding steroid dienone is 1. The van der Waals surface area contributed by atoms with Gasteiger partial charge in [-0.15, -0.1) is 0 Å². The molecule has 0 spiro atoms. The minimum Gasteiger partial charge on any atom is -0.544 e. The molecule has 0 radical (unpaired) electrons. The minimum absolute atomic E-state index is 0.0816. The molecule has 0 saturated heterocycles. The lowest BCUT2D eigenvalue weighted by Gasteiger charge is -2.48. The maximum atomic E-state index is 12.1. The summed E-state index contributed by atoms with van der Waals surface area (Å²) in [5, 5.41) is 31.8. The Labute approximate surface area is 194 Å². The topological polar surface area (TPSA) is 115 Å². The molecule has 0 aromatic rings. The molecule has 7 nitrogen and oxygen atoms in total. The largest absolute Gasteiger partial charge is 0.544 e. The van der Waals surface area contributed by atoms with E-state index in [2.05, 4.69) is 6.92 Å². The highest BCUT2D eigenvalue weighted by molar-refractivity contribution is 5.77. The van der Waals surface area contributed by atoms with Gasteiger partial charge in [0.2, 0.25) is 0 Å². The van der Waals surface area contributed by atoms with Crippen molar-refractivity contribution in [2.75, 3.05) is 0 Å². The maximum absolute atomic E-state index is 12.1. The molecule has 0 aliphatic rings. The first-order valence-corrected chi connectivity index (χ1v) is 12.5. The maximum Gasteiger partial charge on any atom is 0.362 e. The number of carbonyl (C=O) groups excluding carboxylic acids is 1. The molecule has 0 aliphatic heterocycles. The number of carboxylic acids is 3. The summed E-state index contributed by atoms with van der Waals surface area (Å²) in [6, 6.07) is -3.62. The van der Waals surface area contributed by atoms with Crippen LogP contribution in [0.25, 0.3) is 0 Å². The van der Waals surface area contributed by atoms with E-state index in [1.165, 1.54) is 38.5 Å². The van der Waals surface area contributed by atoms with E-state index in [1.807, 2.05) is 0 Å². The number of nitrogens with zero attached hydrogens (tertiary/aromatic N) is 1. The molecule has 0 bridgehead atoms. The molecule has 0 aromatic heterocycles. The summed E-state index contributed by atoms with van der Waals surface area (Å²) in [4.78, 5) is 36.2. The highest BCUT2D eigenvalue weighted by Gasteiger charge is 2.53. The van der Waals surface area contributed by atoms with Crippen LogP contribution in [0.3, 0.4) is 0 Å². The molecule has 186 valence electrons. The number of carbonyl (C=O) groups is 3. The average molecular weight is 456 g/mol. The molecular formula is C25H45NO6. The molecule has 7 heteroatoms. The van der Waals surface area contributed by atoms with Gasteiger partial charge in [0.25, 0.3) is 0 Å². The van der Waals surface area contributed by atoms with Crippen LogP contribution in [0, 0.1) is 0 Å². The van der Waals surface area contributed by atoms with Crippen LogP contribution in [0.1, 0.15) is 111 Å². The van der Waals surface area contributed by atoms with Gasteiger partial charge in [0.1, 0.15) is 6.04 Å². The van der Waals surface area contributed by atoms with Crippen molar-refractivity contribution in [1.82, 2.24) is 0 Å². The van der Waals surface area contributed by atoms with Gasteiger partial charge in [-0.25, -0.2) is 9.59 Å². The molecule has 0 rings (SSSR count). The fourth-order valence-electron chi connectivity index (χ4n) is 4.82. The standard InChI is InChI=1S/C25H45NO6/c1-5-9-10-11-12-13-14-15-16-17-18-19-26(20(6-2)23(27)28,21(7-3)24(29)30)22(8-4)25(31)32/h18-22H,5-17H2,1-4H3,(H2-,27,28,29,30,31,32)/b19-18+. The van der Waals surface area contributed by atoms with Gasteiger partial charge in [-0.3, -0.25) is 4.48 Å². The van der Waals surface area contributed by atoms with E-state index in [1.54, 1.807) is 33.0 Å². The molecule has 0 aromatic carbocycles. The zero-order valence-electron chi connectivity index (χ0n) is 20.6. The molecule has 0 aliphatic carbocycles. The Morgan fingerprint density at radius 1 is 0.719 bits per heavy atom. The number of rotatable bonds is 20. The molecule has 0 amide bonds. The zero-order valence-corrected chi connectivity index (χ0v) is 20.6. The second-order valence-electron chi connectivity index (χ2n) is 8.66. The zero-order chi connectivity index (χ0) is 24.6. The highest BCUT2D eigenvalue weighted by Crippen LogP contribution is 2.32. The first-order chi connectivity index (χ1) is 15.2. The monoisotopic (exact) mass is 455 g/mol. The van der Waals surface area contributed by atoms with E-state index in [-0.39, 0.29) is 19.3 Å². The van der Waals surface area contributed by atoms with Crippen LogP contribution in [0.2, 0.25) is 0 Å². The number of quaternary nitrogens is 1. The Morgan fingerprint density at radius 2 is 1.12 bits per heavy atom. The van der Waals surface area contributed by atoms with Gasteiger partial charge in [-0.1, -0.05) is 79.1 Å². The van der Waals surface area contributed by atoms with Gasteiger partial charge < -0.3 is 20.1 Å². The molecule has 3 atom stereocenters. The number of aliphatic carboxylic acids is 3. The lowest BCUT2D eigenvalue weighted by molar-refractivity contribution is -0.929. The fraction of sp³-hybridized carbons (Fsp3) is 0.800. The molecule has 0 heterocycles. The summed E-state index contributed by atoms with van der Waals surface area (Å²) in [7, 11) is 0. The Kier molecular flexibility index (Phi) is 15.7. The van der Waals surface area contributed by atoms with Crippen molar-refractivity contribution >= 4 is 17.9 Å². The van der Waals surface area contributed by atoms with E-state index in [0.717, 1.165) is 19.3 Å². The number of carboxylic acid groups (broad SMARTS) is 3. The van der Waals surface area contributed by atoms with Gasteiger partial charge in [-0.05, 0) is 18.9 Å². The molecule has 3 unspecified atom stereocenters. The number of hydrogen-bond donors (Lipinski definition) is 2. The van der Waals surface area contributed by atoms with E-state index >= 15 is 0 Å². The lowest BCUT2D eigenvalue weighted by Crippen LogP contribution is -2.70. The van der Waals surface area contributed by atoms with Gasteiger partial charge in [-0.2, -0.15) is 0 Å². The van der Waals surface area contributed by atoms with Crippen LogP contribution in [0.15, 0.2) is 12.3 Å². The van der Waals surface area contributed by atoms with Gasteiger partial charge >= 0.3 is 11.9 Å². The third kappa shape index (κ3) is 8.93. The Hall–Kier alpha value is -1.89.